The summed E-state index contributed by atoms with van der Waals surface area (Å²) in [7, 11) is 0. The number of esters is 1. The number of cyclic esters (lactones) is 1. The van der Waals surface area contributed by atoms with Gasteiger partial charge in [-0.25, -0.2) is 4.79 Å². The molecular formula is C14H18BrNO3. The molecule has 1 N–H and O–H groups in total. The van der Waals surface area contributed by atoms with Gasteiger partial charge < -0.3 is 14.8 Å². The summed E-state index contributed by atoms with van der Waals surface area (Å²) in [5.41, 5.74) is 1.18. The first-order valence-corrected chi connectivity index (χ1v) is 7.32. The number of benzene rings is 1. The van der Waals surface area contributed by atoms with Crippen LogP contribution in [0.1, 0.15) is 25.3 Å². The average Bonchev–Trinajstić information content (AvgIpc) is 2.79. The molecule has 4 nitrogen and oxygen atoms in total. The van der Waals surface area contributed by atoms with Gasteiger partial charge in [-0.05, 0) is 46.6 Å². The van der Waals surface area contributed by atoms with E-state index in [0.717, 1.165) is 24.0 Å². The summed E-state index contributed by atoms with van der Waals surface area (Å²) in [6.45, 7) is 4.42. The smallest absolute Gasteiger partial charge is 0.347 e. The molecular weight excluding hydrogens is 310 g/mol. The lowest BCUT2D eigenvalue weighted by molar-refractivity contribution is -0.143. The van der Waals surface area contributed by atoms with E-state index in [0.29, 0.717) is 18.8 Å². The van der Waals surface area contributed by atoms with Crippen molar-refractivity contribution < 1.29 is 14.3 Å². The van der Waals surface area contributed by atoms with E-state index in [1.807, 2.05) is 18.2 Å². The molecule has 1 fully saturated rings. The highest BCUT2D eigenvalue weighted by atomic mass is 79.9. The first kappa shape index (κ1) is 14.3. The molecule has 1 unspecified atom stereocenters. The normalized spacial score (nSPS) is 18.4. The predicted molar refractivity (Wildman–Crippen MR) is 76.1 cm³/mol. The van der Waals surface area contributed by atoms with E-state index < -0.39 is 6.10 Å². The van der Waals surface area contributed by atoms with Crippen molar-refractivity contribution in [1.29, 1.82) is 0 Å². The Bertz CT molecular complexity index is 450. The van der Waals surface area contributed by atoms with Crippen LogP contribution in [0.3, 0.4) is 0 Å². The standard InChI is InChI=1S/C14H18BrNO3/c1-2-6-16-9-10-3-4-12(11(15)8-10)19-13-5-7-18-14(13)17/h3-4,8,13,16H,2,5-7,9H2,1H3. The Labute approximate surface area is 121 Å². The molecule has 1 aromatic carbocycles. The van der Waals surface area contributed by atoms with Gasteiger partial charge in [0.05, 0.1) is 11.1 Å². The van der Waals surface area contributed by atoms with Crippen LogP contribution in [0.15, 0.2) is 22.7 Å². The van der Waals surface area contributed by atoms with Crippen LogP contribution < -0.4 is 10.1 Å². The third-order valence-corrected chi connectivity index (χ3v) is 3.53. The summed E-state index contributed by atoms with van der Waals surface area (Å²) in [6, 6.07) is 5.90. The highest BCUT2D eigenvalue weighted by Crippen LogP contribution is 2.28. The monoisotopic (exact) mass is 327 g/mol. The van der Waals surface area contributed by atoms with Crippen molar-refractivity contribution in [2.45, 2.75) is 32.4 Å². The molecule has 1 saturated heterocycles. The highest BCUT2D eigenvalue weighted by Gasteiger charge is 2.28. The number of ether oxygens (including phenoxy) is 2. The first-order chi connectivity index (χ1) is 9.20. The Balaban J connectivity index is 1.96. The van der Waals surface area contributed by atoms with Crippen LogP contribution in [0.25, 0.3) is 0 Å². The summed E-state index contributed by atoms with van der Waals surface area (Å²) in [4.78, 5) is 11.4. The van der Waals surface area contributed by atoms with Crippen molar-refractivity contribution in [3.63, 3.8) is 0 Å². The largest absolute Gasteiger partial charge is 0.477 e. The van der Waals surface area contributed by atoms with Gasteiger partial charge in [0.25, 0.3) is 0 Å². The van der Waals surface area contributed by atoms with Crippen molar-refractivity contribution in [2.24, 2.45) is 0 Å². The number of carbonyl (C=O) groups is 1. The minimum absolute atomic E-state index is 0.277. The lowest BCUT2D eigenvalue weighted by Gasteiger charge is -2.13. The zero-order chi connectivity index (χ0) is 13.7. The molecule has 0 bridgehead atoms. The summed E-state index contributed by atoms with van der Waals surface area (Å²) >= 11 is 3.48. The van der Waals surface area contributed by atoms with Gasteiger partial charge in [0.1, 0.15) is 5.75 Å². The number of hydrogen-bond donors (Lipinski definition) is 1. The zero-order valence-corrected chi connectivity index (χ0v) is 12.5. The van der Waals surface area contributed by atoms with Crippen molar-refractivity contribution in [3.8, 4) is 5.75 Å². The van der Waals surface area contributed by atoms with Crippen LogP contribution in [-0.4, -0.2) is 25.2 Å². The van der Waals surface area contributed by atoms with Crippen LogP contribution in [0.2, 0.25) is 0 Å². The Kier molecular flexibility index (Phi) is 5.22. The molecule has 1 atom stereocenters. The van der Waals surface area contributed by atoms with Gasteiger partial charge >= 0.3 is 5.97 Å². The zero-order valence-electron chi connectivity index (χ0n) is 10.9. The molecule has 1 aliphatic rings. The van der Waals surface area contributed by atoms with Crippen molar-refractivity contribution in [1.82, 2.24) is 5.32 Å². The summed E-state index contributed by atoms with van der Waals surface area (Å²) in [6.07, 6.45) is 1.26. The second-order valence-corrected chi connectivity index (χ2v) is 5.36. The second-order valence-electron chi connectivity index (χ2n) is 4.50. The molecule has 2 rings (SSSR count). The molecule has 5 heteroatoms. The molecule has 0 saturated carbocycles. The third-order valence-electron chi connectivity index (χ3n) is 2.91. The Morgan fingerprint density at radius 2 is 2.37 bits per heavy atom. The number of rotatable bonds is 6. The van der Waals surface area contributed by atoms with E-state index in [1.54, 1.807) is 0 Å². The first-order valence-electron chi connectivity index (χ1n) is 6.53. The lowest BCUT2D eigenvalue weighted by Crippen LogP contribution is -2.22. The Hall–Kier alpha value is -1.07. The lowest BCUT2D eigenvalue weighted by atomic mass is 10.2. The Morgan fingerprint density at radius 1 is 1.53 bits per heavy atom. The fourth-order valence-corrected chi connectivity index (χ4v) is 2.42. The van der Waals surface area contributed by atoms with Crippen LogP contribution in [0.5, 0.6) is 5.75 Å². The van der Waals surface area contributed by atoms with Crippen molar-refractivity contribution in [2.75, 3.05) is 13.2 Å². The van der Waals surface area contributed by atoms with E-state index in [-0.39, 0.29) is 5.97 Å². The molecule has 1 heterocycles. The number of hydrogen-bond acceptors (Lipinski definition) is 4. The molecule has 0 aromatic heterocycles. The number of carbonyl (C=O) groups excluding carboxylic acids is 1. The fraction of sp³-hybridized carbons (Fsp3) is 0.500. The Morgan fingerprint density at radius 3 is 3.00 bits per heavy atom. The predicted octanol–water partition coefficient (Wildman–Crippen LogP) is 2.64. The molecule has 0 radical (unpaired) electrons. The van der Waals surface area contributed by atoms with Crippen LogP contribution in [0, 0.1) is 0 Å². The third kappa shape index (κ3) is 3.94. The fourth-order valence-electron chi connectivity index (χ4n) is 1.90. The van der Waals surface area contributed by atoms with Gasteiger partial charge in [-0.3, -0.25) is 0 Å². The van der Waals surface area contributed by atoms with Gasteiger partial charge in [0.2, 0.25) is 0 Å². The van der Waals surface area contributed by atoms with Gasteiger partial charge in [0, 0.05) is 13.0 Å². The molecule has 0 spiro atoms. The SMILES string of the molecule is CCCNCc1ccc(OC2CCOC2=O)c(Br)c1. The summed E-state index contributed by atoms with van der Waals surface area (Å²) in [5.74, 6) is 0.406. The van der Waals surface area contributed by atoms with Crippen molar-refractivity contribution >= 4 is 21.9 Å². The molecule has 19 heavy (non-hydrogen) atoms. The van der Waals surface area contributed by atoms with Crippen LogP contribution >= 0.6 is 15.9 Å². The number of nitrogens with one attached hydrogen (secondary N) is 1. The second kappa shape index (κ2) is 6.91. The molecule has 1 aromatic rings. The van der Waals surface area contributed by atoms with E-state index in [9.17, 15) is 4.79 Å². The molecule has 104 valence electrons. The van der Waals surface area contributed by atoms with E-state index in [4.69, 9.17) is 9.47 Å². The molecule has 1 aliphatic heterocycles. The van der Waals surface area contributed by atoms with Gasteiger partial charge in [-0.15, -0.1) is 0 Å². The molecule has 0 amide bonds. The van der Waals surface area contributed by atoms with Gasteiger partial charge in [-0.2, -0.15) is 0 Å². The van der Waals surface area contributed by atoms with E-state index in [1.165, 1.54) is 5.56 Å². The van der Waals surface area contributed by atoms with E-state index in [2.05, 4.69) is 28.2 Å². The molecule has 0 aliphatic carbocycles. The van der Waals surface area contributed by atoms with Crippen LogP contribution in [-0.2, 0) is 16.1 Å². The highest BCUT2D eigenvalue weighted by molar-refractivity contribution is 9.10. The van der Waals surface area contributed by atoms with E-state index >= 15 is 0 Å². The topological polar surface area (TPSA) is 47.6 Å². The summed E-state index contributed by atoms with van der Waals surface area (Å²) in [5, 5.41) is 3.34. The quantitative estimate of drug-likeness (QED) is 0.644. The number of halogens is 1. The average molecular weight is 328 g/mol. The maximum atomic E-state index is 11.4. The van der Waals surface area contributed by atoms with Crippen molar-refractivity contribution in [3.05, 3.63) is 28.2 Å². The minimum atomic E-state index is -0.472. The van der Waals surface area contributed by atoms with Gasteiger partial charge in [0.15, 0.2) is 6.10 Å². The maximum absolute atomic E-state index is 11.4. The van der Waals surface area contributed by atoms with Crippen LogP contribution in [0.4, 0.5) is 0 Å². The van der Waals surface area contributed by atoms with Gasteiger partial charge in [-0.1, -0.05) is 13.0 Å². The maximum Gasteiger partial charge on any atom is 0.347 e. The summed E-state index contributed by atoms with van der Waals surface area (Å²) < 4.78 is 11.4. The minimum Gasteiger partial charge on any atom is -0.477 e.